The molecule has 6 nitrogen and oxygen atoms in total. The second kappa shape index (κ2) is 7.53. The largest absolute Gasteiger partial charge is 0.478 e. The number of aromatic carboxylic acids is 1. The van der Waals surface area contributed by atoms with Gasteiger partial charge >= 0.3 is 5.97 Å². The second-order valence-corrected chi connectivity index (χ2v) is 5.85. The lowest BCUT2D eigenvalue weighted by atomic mass is 9.98. The predicted octanol–water partition coefficient (Wildman–Crippen LogP) is 3.68. The van der Waals surface area contributed by atoms with Gasteiger partial charge in [-0.05, 0) is 65.7 Å². The zero-order chi connectivity index (χ0) is 19.4. The third-order valence-electron chi connectivity index (χ3n) is 4.06. The van der Waals surface area contributed by atoms with Crippen LogP contribution >= 0.6 is 0 Å². The summed E-state index contributed by atoms with van der Waals surface area (Å²) in [7, 11) is 0. The average molecular weight is 359 g/mol. The van der Waals surface area contributed by atoms with Gasteiger partial charge in [-0.1, -0.05) is 6.58 Å². The van der Waals surface area contributed by atoms with Crippen LogP contribution in [-0.4, -0.2) is 22.0 Å². The van der Waals surface area contributed by atoms with Gasteiger partial charge in [0.05, 0.1) is 5.56 Å². The molecular formula is C21H17N3O3. The summed E-state index contributed by atoms with van der Waals surface area (Å²) in [5.74, 6) is -1.39. The second-order valence-electron chi connectivity index (χ2n) is 5.85. The lowest BCUT2D eigenvalue weighted by Crippen LogP contribution is -2.12. The van der Waals surface area contributed by atoms with Crippen LogP contribution in [0, 0.1) is 0 Å². The number of hydrogen-bond donors (Lipinski definition) is 3. The van der Waals surface area contributed by atoms with Gasteiger partial charge in [0, 0.05) is 34.9 Å². The van der Waals surface area contributed by atoms with Gasteiger partial charge in [-0.3, -0.25) is 9.78 Å². The molecule has 0 fully saturated rings. The molecule has 0 atom stereocenters. The number of hydrogen-bond acceptors (Lipinski definition) is 4. The number of anilines is 2. The van der Waals surface area contributed by atoms with Crippen molar-refractivity contribution in [2.45, 2.75) is 0 Å². The molecule has 0 bridgehead atoms. The predicted molar refractivity (Wildman–Crippen MR) is 105 cm³/mol. The van der Waals surface area contributed by atoms with E-state index in [2.05, 4.69) is 16.9 Å². The summed E-state index contributed by atoms with van der Waals surface area (Å²) in [5.41, 5.74) is 9.95. The van der Waals surface area contributed by atoms with Gasteiger partial charge in [0.15, 0.2) is 0 Å². The molecule has 1 aromatic heterocycles. The Morgan fingerprint density at radius 2 is 1.56 bits per heavy atom. The number of carboxylic acid groups (broad SMARTS) is 1. The van der Waals surface area contributed by atoms with Gasteiger partial charge < -0.3 is 16.2 Å². The molecule has 0 aliphatic carbocycles. The highest BCUT2D eigenvalue weighted by atomic mass is 16.4. The van der Waals surface area contributed by atoms with E-state index in [-0.39, 0.29) is 11.5 Å². The first-order chi connectivity index (χ1) is 13.0. The van der Waals surface area contributed by atoms with Crippen molar-refractivity contribution in [3.05, 3.63) is 95.8 Å². The molecule has 4 N–H and O–H groups in total. The highest BCUT2D eigenvalue weighted by Crippen LogP contribution is 2.29. The molecule has 2 aromatic carbocycles. The summed E-state index contributed by atoms with van der Waals surface area (Å²) < 4.78 is 0. The molecule has 1 heterocycles. The van der Waals surface area contributed by atoms with Crippen LogP contribution in [0.3, 0.4) is 0 Å². The van der Waals surface area contributed by atoms with Crippen LogP contribution in [0.15, 0.2) is 73.6 Å². The van der Waals surface area contributed by atoms with Crippen molar-refractivity contribution in [2.75, 3.05) is 11.1 Å². The molecule has 0 spiro atoms. The minimum absolute atomic E-state index is 0.120. The Labute approximate surface area is 156 Å². The fourth-order valence-electron chi connectivity index (χ4n) is 2.57. The molecule has 0 saturated heterocycles. The summed E-state index contributed by atoms with van der Waals surface area (Å²) in [6.45, 7) is 4.08. The number of nitrogens with zero attached hydrogens (tertiary/aromatic N) is 1. The van der Waals surface area contributed by atoms with E-state index in [0.717, 1.165) is 11.1 Å². The van der Waals surface area contributed by atoms with E-state index in [0.29, 0.717) is 22.5 Å². The molecule has 0 aliphatic heterocycles. The van der Waals surface area contributed by atoms with E-state index in [4.69, 9.17) is 10.8 Å². The molecule has 0 unspecified atom stereocenters. The number of nitrogens with two attached hydrogens (primary N) is 1. The van der Waals surface area contributed by atoms with E-state index in [9.17, 15) is 9.59 Å². The normalized spacial score (nSPS) is 10.2. The van der Waals surface area contributed by atoms with Crippen molar-refractivity contribution in [2.24, 2.45) is 0 Å². The number of nitrogens with one attached hydrogen (secondary N) is 1. The van der Waals surface area contributed by atoms with Crippen LogP contribution in [0.2, 0.25) is 0 Å². The van der Waals surface area contributed by atoms with Crippen molar-refractivity contribution in [1.82, 2.24) is 4.98 Å². The molecule has 0 aliphatic rings. The van der Waals surface area contributed by atoms with Crippen molar-refractivity contribution >= 4 is 28.8 Å². The maximum absolute atomic E-state index is 12.4. The van der Waals surface area contributed by atoms with E-state index < -0.39 is 5.97 Å². The summed E-state index contributed by atoms with van der Waals surface area (Å²) in [6, 6.07) is 14.5. The van der Waals surface area contributed by atoms with Crippen LogP contribution in [0.5, 0.6) is 0 Å². The number of carbonyl (C=O) groups is 2. The highest BCUT2D eigenvalue weighted by molar-refractivity contribution is 6.05. The van der Waals surface area contributed by atoms with E-state index in [1.807, 2.05) is 12.1 Å². The molecule has 134 valence electrons. The standard InChI is InChI=1S/C21H17N3O3/c1-13(14-8-10-23-11-9-14)18-12-17(6-7-19(18)22)24-20(25)15-2-4-16(5-3-15)21(26)27/h2-12H,1,22H2,(H,24,25)(H,26,27). The topological polar surface area (TPSA) is 105 Å². The molecule has 27 heavy (non-hydrogen) atoms. The summed E-state index contributed by atoms with van der Waals surface area (Å²) >= 11 is 0. The molecule has 0 saturated carbocycles. The van der Waals surface area contributed by atoms with Gasteiger partial charge in [-0.15, -0.1) is 0 Å². The number of amides is 1. The zero-order valence-corrected chi connectivity index (χ0v) is 14.3. The lowest BCUT2D eigenvalue weighted by molar-refractivity contribution is 0.0696. The molecule has 3 rings (SSSR count). The average Bonchev–Trinajstić information content (AvgIpc) is 2.69. The number of carboxylic acids is 1. The summed E-state index contributed by atoms with van der Waals surface area (Å²) in [4.78, 5) is 27.3. The maximum atomic E-state index is 12.4. The Kier molecular flexibility index (Phi) is 4.99. The quantitative estimate of drug-likeness (QED) is 0.603. The Bertz CT molecular complexity index is 1010. The maximum Gasteiger partial charge on any atom is 0.335 e. The monoisotopic (exact) mass is 359 g/mol. The third kappa shape index (κ3) is 4.01. The Morgan fingerprint density at radius 3 is 2.19 bits per heavy atom. The molecule has 6 heteroatoms. The van der Waals surface area contributed by atoms with Crippen LogP contribution in [0.1, 0.15) is 31.8 Å². The highest BCUT2D eigenvalue weighted by Gasteiger charge is 2.11. The van der Waals surface area contributed by atoms with Crippen molar-refractivity contribution in [3.8, 4) is 0 Å². The number of benzene rings is 2. The molecule has 3 aromatic rings. The van der Waals surface area contributed by atoms with Crippen LogP contribution in [0.25, 0.3) is 5.57 Å². The minimum atomic E-state index is -1.04. The van der Waals surface area contributed by atoms with Crippen molar-refractivity contribution in [3.63, 3.8) is 0 Å². The first kappa shape index (κ1) is 17.9. The Hall–Kier alpha value is -3.93. The van der Waals surface area contributed by atoms with Gasteiger partial charge in [-0.2, -0.15) is 0 Å². The first-order valence-corrected chi connectivity index (χ1v) is 8.09. The molecular weight excluding hydrogens is 342 g/mol. The van der Waals surface area contributed by atoms with Crippen LogP contribution in [0.4, 0.5) is 11.4 Å². The SMILES string of the molecule is C=C(c1ccncc1)c1cc(NC(=O)c2ccc(C(=O)O)cc2)ccc1N. The van der Waals surface area contributed by atoms with Gasteiger partial charge in [-0.25, -0.2) is 4.79 Å². The fraction of sp³-hybridized carbons (Fsp3) is 0. The number of rotatable bonds is 5. The smallest absolute Gasteiger partial charge is 0.335 e. The number of nitrogen functional groups attached to an aromatic ring is 1. The van der Waals surface area contributed by atoms with E-state index >= 15 is 0 Å². The molecule has 0 radical (unpaired) electrons. The number of aromatic nitrogens is 1. The Balaban J connectivity index is 1.82. The van der Waals surface area contributed by atoms with Gasteiger partial charge in [0.1, 0.15) is 0 Å². The first-order valence-electron chi connectivity index (χ1n) is 8.09. The number of pyridine rings is 1. The summed E-state index contributed by atoms with van der Waals surface area (Å²) in [6.07, 6.45) is 3.34. The van der Waals surface area contributed by atoms with Crippen LogP contribution in [-0.2, 0) is 0 Å². The van der Waals surface area contributed by atoms with Crippen molar-refractivity contribution in [1.29, 1.82) is 0 Å². The van der Waals surface area contributed by atoms with E-state index in [1.165, 1.54) is 24.3 Å². The van der Waals surface area contributed by atoms with Gasteiger partial charge in [0.2, 0.25) is 0 Å². The molecule has 1 amide bonds. The lowest BCUT2D eigenvalue weighted by Gasteiger charge is -2.12. The fourth-order valence-corrected chi connectivity index (χ4v) is 2.57. The van der Waals surface area contributed by atoms with Crippen molar-refractivity contribution < 1.29 is 14.7 Å². The van der Waals surface area contributed by atoms with Gasteiger partial charge in [0.25, 0.3) is 5.91 Å². The third-order valence-corrected chi connectivity index (χ3v) is 4.06. The zero-order valence-electron chi connectivity index (χ0n) is 14.3. The summed E-state index contributed by atoms with van der Waals surface area (Å²) in [5, 5.41) is 11.7. The Morgan fingerprint density at radius 1 is 0.926 bits per heavy atom. The van der Waals surface area contributed by atoms with E-state index in [1.54, 1.807) is 30.6 Å². The minimum Gasteiger partial charge on any atom is -0.478 e. The number of carbonyl (C=O) groups excluding carboxylic acids is 1. The van der Waals surface area contributed by atoms with Crippen LogP contribution < -0.4 is 11.1 Å².